The molecular formula is C11H14BrNO2S. The molecule has 2 atom stereocenters. The number of thiophene rings is 1. The molecular weight excluding hydrogens is 290 g/mol. The summed E-state index contributed by atoms with van der Waals surface area (Å²) >= 11 is 4.98. The maximum absolute atomic E-state index is 11.9. The molecule has 16 heavy (non-hydrogen) atoms. The maximum Gasteiger partial charge on any atom is 0.166 e. The average molecular weight is 304 g/mol. The lowest BCUT2D eigenvalue weighted by molar-refractivity contribution is -0.128. The highest BCUT2D eigenvalue weighted by Crippen LogP contribution is 2.25. The molecule has 0 aromatic carbocycles. The molecule has 0 radical (unpaired) electrons. The first-order valence-electron chi connectivity index (χ1n) is 5.31. The SMILES string of the molecule is NCC1CCC(C(=O)Cc2ccc(Br)s2)O1. The number of hydrogen-bond acceptors (Lipinski definition) is 4. The number of carbonyl (C=O) groups is 1. The van der Waals surface area contributed by atoms with Gasteiger partial charge in [-0.3, -0.25) is 4.79 Å². The van der Waals surface area contributed by atoms with Crippen LogP contribution >= 0.6 is 27.3 Å². The van der Waals surface area contributed by atoms with E-state index in [1.54, 1.807) is 11.3 Å². The molecule has 2 unspecified atom stereocenters. The van der Waals surface area contributed by atoms with E-state index in [0.29, 0.717) is 13.0 Å². The highest BCUT2D eigenvalue weighted by atomic mass is 79.9. The van der Waals surface area contributed by atoms with Gasteiger partial charge in [0, 0.05) is 17.8 Å². The number of nitrogens with two attached hydrogens (primary N) is 1. The average Bonchev–Trinajstić information content (AvgIpc) is 2.87. The first-order valence-corrected chi connectivity index (χ1v) is 6.92. The standard InChI is InChI=1S/C11H14BrNO2S/c12-11-4-2-8(16-11)5-9(14)10-3-1-7(6-13)15-10/h2,4,7,10H,1,3,5-6,13H2. The van der Waals surface area contributed by atoms with Crippen LogP contribution in [-0.2, 0) is 16.0 Å². The predicted molar refractivity (Wildman–Crippen MR) is 67.7 cm³/mol. The molecule has 1 fully saturated rings. The largest absolute Gasteiger partial charge is 0.366 e. The van der Waals surface area contributed by atoms with Crippen LogP contribution in [0.5, 0.6) is 0 Å². The molecule has 1 aliphatic heterocycles. The number of ketones is 1. The van der Waals surface area contributed by atoms with Crippen LogP contribution in [0.2, 0.25) is 0 Å². The zero-order valence-electron chi connectivity index (χ0n) is 8.82. The van der Waals surface area contributed by atoms with Crippen molar-refractivity contribution in [2.24, 2.45) is 5.73 Å². The first-order chi connectivity index (χ1) is 7.69. The second kappa shape index (κ2) is 5.40. The highest BCUT2D eigenvalue weighted by molar-refractivity contribution is 9.11. The van der Waals surface area contributed by atoms with E-state index in [-0.39, 0.29) is 18.0 Å². The Morgan fingerprint density at radius 3 is 2.94 bits per heavy atom. The number of hydrogen-bond donors (Lipinski definition) is 1. The fraction of sp³-hybridized carbons (Fsp3) is 0.545. The molecule has 1 aliphatic rings. The molecule has 1 saturated heterocycles. The van der Waals surface area contributed by atoms with E-state index in [1.807, 2.05) is 12.1 Å². The van der Waals surface area contributed by atoms with E-state index < -0.39 is 0 Å². The molecule has 1 aromatic rings. The Labute approximate surface area is 107 Å². The number of rotatable bonds is 4. The predicted octanol–water partition coefficient (Wildman–Crippen LogP) is 2.13. The molecule has 88 valence electrons. The molecule has 2 rings (SSSR count). The molecule has 2 heterocycles. The zero-order valence-corrected chi connectivity index (χ0v) is 11.2. The molecule has 0 spiro atoms. The summed E-state index contributed by atoms with van der Waals surface area (Å²) in [5, 5.41) is 0. The Morgan fingerprint density at radius 2 is 2.38 bits per heavy atom. The highest BCUT2D eigenvalue weighted by Gasteiger charge is 2.29. The van der Waals surface area contributed by atoms with Crippen LogP contribution in [0.15, 0.2) is 15.9 Å². The van der Waals surface area contributed by atoms with Crippen molar-refractivity contribution in [2.45, 2.75) is 31.5 Å². The molecule has 0 bridgehead atoms. The van der Waals surface area contributed by atoms with Gasteiger partial charge in [0.05, 0.1) is 9.89 Å². The summed E-state index contributed by atoms with van der Waals surface area (Å²) in [5.74, 6) is 0.172. The van der Waals surface area contributed by atoms with Crippen LogP contribution in [0.4, 0.5) is 0 Å². The minimum Gasteiger partial charge on any atom is -0.366 e. The molecule has 2 N–H and O–H groups in total. The van der Waals surface area contributed by atoms with Gasteiger partial charge in [0.15, 0.2) is 5.78 Å². The van der Waals surface area contributed by atoms with Crippen LogP contribution in [-0.4, -0.2) is 24.5 Å². The Hall–Kier alpha value is -0.230. The van der Waals surface area contributed by atoms with Gasteiger partial charge in [-0.2, -0.15) is 0 Å². The topological polar surface area (TPSA) is 52.3 Å². The molecule has 0 saturated carbocycles. The van der Waals surface area contributed by atoms with Gasteiger partial charge in [0.1, 0.15) is 6.10 Å². The van der Waals surface area contributed by atoms with Crippen LogP contribution in [0, 0.1) is 0 Å². The van der Waals surface area contributed by atoms with Crippen molar-refractivity contribution >= 4 is 33.0 Å². The number of ether oxygens (including phenoxy) is 1. The monoisotopic (exact) mass is 303 g/mol. The molecule has 1 aromatic heterocycles. The van der Waals surface area contributed by atoms with Crippen LogP contribution in [0.3, 0.4) is 0 Å². The van der Waals surface area contributed by atoms with Crippen molar-refractivity contribution in [2.75, 3.05) is 6.54 Å². The van der Waals surface area contributed by atoms with E-state index >= 15 is 0 Å². The smallest absolute Gasteiger partial charge is 0.166 e. The minimum atomic E-state index is -0.241. The summed E-state index contributed by atoms with van der Waals surface area (Å²) in [7, 11) is 0. The lowest BCUT2D eigenvalue weighted by Crippen LogP contribution is -2.26. The summed E-state index contributed by atoms with van der Waals surface area (Å²) in [6, 6.07) is 3.94. The van der Waals surface area contributed by atoms with E-state index in [0.717, 1.165) is 21.5 Å². The van der Waals surface area contributed by atoms with E-state index in [9.17, 15) is 4.79 Å². The van der Waals surface area contributed by atoms with Crippen molar-refractivity contribution < 1.29 is 9.53 Å². The summed E-state index contributed by atoms with van der Waals surface area (Å²) in [6.07, 6.45) is 2.02. The van der Waals surface area contributed by atoms with Crippen molar-refractivity contribution in [1.82, 2.24) is 0 Å². The molecule has 3 nitrogen and oxygen atoms in total. The normalized spacial score (nSPS) is 24.9. The first kappa shape index (κ1) is 12.2. The zero-order chi connectivity index (χ0) is 11.5. The van der Waals surface area contributed by atoms with Crippen molar-refractivity contribution in [3.63, 3.8) is 0 Å². The number of halogens is 1. The number of carbonyl (C=O) groups excluding carboxylic acids is 1. The summed E-state index contributed by atoms with van der Waals surface area (Å²) < 4.78 is 6.63. The van der Waals surface area contributed by atoms with E-state index in [1.165, 1.54) is 0 Å². The van der Waals surface area contributed by atoms with Crippen LogP contribution in [0.1, 0.15) is 17.7 Å². The third-order valence-electron chi connectivity index (χ3n) is 2.71. The second-order valence-electron chi connectivity index (χ2n) is 3.91. The van der Waals surface area contributed by atoms with Crippen LogP contribution in [0.25, 0.3) is 0 Å². The third-order valence-corrected chi connectivity index (χ3v) is 4.33. The maximum atomic E-state index is 11.9. The summed E-state index contributed by atoms with van der Waals surface area (Å²) in [5.41, 5.74) is 5.51. The van der Waals surface area contributed by atoms with Crippen molar-refractivity contribution in [3.8, 4) is 0 Å². The van der Waals surface area contributed by atoms with Gasteiger partial charge in [-0.15, -0.1) is 11.3 Å². The van der Waals surface area contributed by atoms with Gasteiger partial charge in [0.25, 0.3) is 0 Å². The molecule has 5 heteroatoms. The van der Waals surface area contributed by atoms with Gasteiger partial charge in [-0.25, -0.2) is 0 Å². The minimum absolute atomic E-state index is 0.0732. The van der Waals surface area contributed by atoms with Gasteiger partial charge >= 0.3 is 0 Å². The fourth-order valence-corrected chi connectivity index (χ4v) is 3.34. The fourth-order valence-electron chi connectivity index (χ4n) is 1.85. The van der Waals surface area contributed by atoms with Gasteiger partial charge in [-0.1, -0.05) is 0 Å². The quantitative estimate of drug-likeness (QED) is 0.927. The van der Waals surface area contributed by atoms with Gasteiger partial charge in [-0.05, 0) is 40.9 Å². The Morgan fingerprint density at radius 1 is 1.56 bits per heavy atom. The van der Waals surface area contributed by atoms with Crippen molar-refractivity contribution in [3.05, 3.63) is 20.8 Å². The van der Waals surface area contributed by atoms with E-state index in [2.05, 4.69) is 15.9 Å². The van der Waals surface area contributed by atoms with E-state index in [4.69, 9.17) is 10.5 Å². The summed E-state index contributed by atoms with van der Waals surface area (Å²) in [4.78, 5) is 13.0. The third kappa shape index (κ3) is 2.91. The van der Waals surface area contributed by atoms with Gasteiger partial charge < -0.3 is 10.5 Å². The lowest BCUT2D eigenvalue weighted by Gasteiger charge is -2.10. The second-order valence-corrected chi connectivity index (χ2v) is 6.46. The van der Waals surface area contributed by atoms with Gasteiger partial charge in [0.2, 0.25) is 0 Å². The Bertz CT molecular complexity index is 380. The summed E-state index contributed by atoms with van der Waals surface area (Å²) in [6.45, 7) is 0.508. The van der Waals surface area contributed by atoms with Crippen molar-refractivity contribution in [1.29, 1.82) is 0 Å². The lowest BCUT2D eigenvalue weighted by atomic mass is 10.1. The number of Topliss-reactive ketones (excluding diaryl/α,β-unsaturated/α-hetero) is 1. The molecule has 0 aliphatic carbocycles. The Balaban J connectivity index is 1.89. The van der Waals surface area contributed by atoms with Crippen LogP contribution < -0.4 is 5.73 Å². The molecule has 0 amide bonds. The Kier molecular flexibility index (Phi) is 4.13.